The first kappa shape index (κ1) is 18.3. The van der Waals surface area contributed by atoms with Crippen LogP contribution in [0, 0.1) is 13.8 Å². The van der Waals surface area contributed by atoms with E-state index < -0.39 is 5.41 Å². The van der Waals surface area contributed by atoms with E-state index in [9.17, 15) is 4.79 Å². The number of amides is 1. The number of aryl methyl sites for hydroxylation is 2. The first-order valence-corrected chi connectivity index (χ1v) is 9.84. The van der Waals surface area contributed by atoms with Gasteiger partial charge in [0, 0.05) is 23.0 Å². The highest BCUT2D eigenvalue weighted by Crippen LogP contribution is 2.46. The highest BCUT2D eigenvalue weighted by molar-refractivity contribution is 6.12. The van der Waals surface area contributed by atoms with Crippen LogP contribution in [0.3, 0.4) is 0 Å². The Morgan fingerprint density at radius 1 is 0.933 bits per heavy atom. The molecular formula is C23H22N6O. The van der Waals surface area contributed by atoms with Crippen molar-refractivity contribution < 1.29 is 4.79 Å². The third-order valence-electron chi connectivity index (χ3n) is 5.64. The molecule has 0 spiro atoms. The molecule has 30 heavy (non-hydrogen) atoms. The number of rotatable bonds is 3. The number of anilines is 2. The van der Waals surface area contributed by atoms with Crippen LogP contribution in [0.1, 0.15) is 30.9 Å². The minimum atomic E-state index is -0.611. The molecule has 0 saturated heterocycles. The fourth-order valence-corrected chi connectivity index (χ4v) is 3.98. The molecule has 0 saturated carbocycles. The second-order valence-electron chi connectivity index (χ2n) is 8.18. The third-order valence-corrected chi connectivity index (χ3v) is 5.64. The van der Waals surface area contributed by atoms with Gasteiger partial charge in [-0.1, -0.05) is 12.1 Å². The zero-order valence-corrected chi connectivity index (χ0v) is 17.3. The number of nitrogens with one attached hydrogen (secondary N) is 2. The molecule has 4 heterocycles. The molecule has 150 valence electrons. The van der Waals surface area contributed by atoms with Gasteiger partial charge in [0.15, 0.2) is 0 Å². The Bertz CT molecular complexity index is 1280. The third kappa shape index (κ3) is 2.74. The van der Waals surface area contributed by atoms with Gasteiger partial charge >= 0.3 is 0 Å². The molecule has 0 unspecified atom stereocenters. The summed E-state index contributed by atoms with van der Waals surface area (Å²) in [5.41, 5.74) is 5.02. The van der Waals surface area contributed by atoms with E-state index in [0.29, 0.717) is 5.82 Å². The Morgan fingerprint density at radius 2 is 1.77 bits per heavy atom. The molecule has 0 atom stereocenters. The molecule has 3 aromatic heterocycles. The zero-order valence-electron chi connectivity index (χ0n) is 17.3. The fourth-order valence-electron chi connectivity index (χ4n) is 3.98. The van der Waals surface area contributed by atoms with Crippen LogP contribution in [0.2, 0.25) is 0 Å². The van der Waals surface area contributed by atoms with Gasteiger partial charge in [-0.3, -0.25) is 14.7 Å². The molecule has 1 aliphatic heterocycles. The van der Waals surface area contributed by atoms with Crippen LogP contribution < -0.4 is 4.90 Å². The lowest BCUT2D eigenvalue weighted by atomic mass is 9.86. The Balaban J connectivity index is 1.59. The molecular weight excluding hydrogens is 376 g/mol. The number of aromatic amines is 2. The summed E-state index contributed by atoms with van der Waals surface area (Å²) in [4.78, 5) is 34.6. The number of benzene rings is 1. The number of hydrogen-bond acceptors (Lipinski definition) is 4. The van der Waals surface area contributed by atoms with Crippen molar-refractivity contribution in [3.05, 3.63) is 66.0 Å². The van der Waals surface area contributed by atoms with Crippen LogP contribution in [-0.4, -0.2) is 30.8 Å². The highest BCUT2D eigenvalue weighted by Gasteiger charge is 2.45. The number of H-pyrrole nitrogens is 2. The van der Waals surface area contributed by atoms with E-state index in [1.165, 1.54) is 0 Å². The van der Waals surface area contributed by atoms with Gasteiger partial charge in [-0.15, -0.1) is 0 Å². The van der Waals surface area contributed by atoms with Crippen LogP contribution in [0.25, 0.3) is 22.6 Å². The Labute approximate surface area is 174 Å². The number of fused-ring (bicyclic) bond motifs is 1. The summed E-state index contributed by atoms with van der Waals surface area (Å²) in [5, 5.41) is 0. The first-order valence-electron chi connectivity index (χ1n) is 9.84. The topological polar surface area (TPSA) is 90.6 Å². The van der Waals surface area contributed by atoms with E-state index in [1.54, 1.807) is 17.3 Å². The average Bonchev–Trinajstić information content (AvgIpc) is 3.41. The molecule has 0 aliphatic carbocycles. The van der Waals surface area contributed by atoms with Crippen molar-refractivity contribution in [1.82, 2.24) is 24.9 Å². The molecule has 0 radical (unpaired) electrons. The summed E-state index contributed by atoms with van der Waals surface area (Å²) < 4.78 is 0. The number of imidazole rings is 2. The molecule has 0 fully saturated rings. The summed E-state index contributed by atoms with van der Waals surface area (Å²) >= 11 is 0. The van der Waals surface area contributed by atoms with Crippen LogP contribution >= 0.6 is 0 Å². The molecule has 1 aliphatic rings. The van der Waals surface area contributed by atoms with Gasteiger partial charge in [0.25, 0.3) is 0 Å². The number of carbonyl (C=O) groups is 1. The van der Waals surface area contributed by atoms with Gasteiger partial charge < -0.3 is 9.97 Å². The van der Waals surface area contributed by atoms with Crippen LogP contribution in [0.4, 0.5) is 11.5 Å². The molecule has 7 heteroatoms. The summed E-state index contributed by atoms with van der Waals surface area (Å²) in [7, 11) is 0. The lowest BCUT2D eigenvalue weighted by molar-refractivity contribution is -0.121. The van der Waals surface area contributed by atoms with Gasteiger partial charge in [0.05, 0.1) is 29.2 Å². The minimum Gasteiger partial charge on any atom is -0.338 e. The predicted molar refractivity (Wildman–Crippen MR) is 115 cm³/mol. The van der Waals surface area contributed by atoms with Gasteiger partial charge in [-0.05, 0) is 51.5 Å². The predicted octanol–water partition coefficient (Wildman–Crippen LogP) is 4.43. The maximum Gasteiger partial charge on any atom is 0.242 e. The fraction of sp³-hybridized carbons (Fsp3) is 0.217. The number of pyridine rings is 1. The molecule has 4 aromatic rings. The van der Waals surface area contributed by atoms with Crippen molar-refractivity contribution in [3.63, 3.8) is 0 Å². The smallest absolute Gasteiger partial charge is 0.242 e. The van der Waals surface area contributed by atoms with E-state index >= 15 is 0 Å². The number of carbonyl (C=O) groups excluding carboxylic acids is 1. The lowest BCUT2D eigenvalue weighted by Gasteiger charge is -2.18. The van der Waals surface area contributed by atoms with Gasteiger partial charge in [-0.25, -0.2) is 9.97 Å². The Morgan fingerprint density at radius 3 is 2.50 bits per heavy atom. The Kier molecular flexibility index (Phi) is 3.89. The summed E-state index contributed by atoms with van der Waals surface area (Å²) in [6.07, 6.45) is 5.30. The van der Waals surface area contributed by atoms with Crippen molar-refractivity contribution in [2.75, 3.05) is 4.90 Å². The molecule has 2 N–H and O–H groups in total. The summed E-state index contributed by atoms with van der Waals surface area (Å²) in [6, 6.07) is 10.0. The number of nitrogens with zero attached hydrogens (tertiary/aromatic N) is 4. The van der Waals surface area contributed by atoms with Gasteiger partial charge in [0.2, 0.25) is 5.91 Å². The maximum atomic E-state index is 13.2. The standard InChI is InChI=1S/C23H22N6O/c1-13-9-16(7-8-24-13)21-26-11-18(28-21)15-5-6-17-19(10-15)29(22(30)23(17,3)4)20-12-25-14(2)27-20/h5-12H,1-4H3,(H,25,27)(H,26,28). The van der Waals surface area contributed by atoms with Crippen LogP contribution in [0.5, 0.6) is 0 Å². The van der Waals surface area contributed by atoms with E-state index in [0.717, 1.165) is 45.4 Å². The van der Waals surface area contributed by atoms with Crippen molar-refractivity contribution in [2.45, 2.75) is 33.1 Å². The first-order chi connectivity index (χ1) is 14.3. The number of hydrogen-bond donors (Lipinski definition) is 2. The van der Waals surface area contributed by atoms with Gasteiger partial charge in [-0.2, -0.15) is 0 Å². The van der Waals surface area contributed by atoms with Crippen molar-refractivity contribution >= 4 is 17.4 Å². The quantitative estimate of drug-likeness (QED) is 0.534. The normalized spacial score (nSPS) is 14.9. The summed E-state index contributed by atoms with van der Waals surface area (Å²) in [5.74, 6) is 2.26. The molecule has 1 aromatic carbocycles. The van der Waals surface area contributed by atoms with Gasteiger partial charge in [0.1, 0.15) is 17.5 Å². The second-order valence-corrected chi connectivity index (χ2v) is 8.18. The molecule has 7 nitrogen and oxygen atoms in total. The monoisotopic (exact) mass is 398 g/mol. The van der Waals surface area contributed by atoms with Crippen LogP contribution in [0.15, 0.2) is 48.9 Å². The van der Waals surface area contributed by atoms with E-state index in [2.05, 4.69) is 24.9 Å². The SMILES string of the molecule is Cc1cc(-c2ncc(-c3ccc4c(c3)N(c3cnc(C)[nH]3)C(=O)C4(C)C)[nH]2)ccn1. The minimum absolute atomic E-state index is 0.0239. The lowest BCUT2D eigenvalue weighted by Crippen LogP contribution is -2.33. The molecule has 5 rings (SSSR count). The van der Waals surface area contributed by atoms with E-state index in [4.69, 9.17) is 0 Å². The van der Waals surface area contributed by atoms with E-state index in [-0.39, 0.29) is 5.91 Å². The largest absolute Gasteiger partial charge is 0.338 e. The Hall–Kier alpha value is -3.74. The second kappa shape index (κ2) is 6.38. The van der Waals surface area contributed by atoms with Crippen LogP contribution in [-0.2, 0) is 10.2 Å². The maximum absolute atomic E-state index is 13.2. The van der Waals surface area contributed by atoms with Crippen molar-refractivity contribution in [2.24, 2.45) is 0 Å². The molecule has 0 bridgehead atoms. The molecule has 1 amide bonds. The average molecular weight is 398 g/mol. The van der Waals surface area contributed by atoms with Crippen molar-refractivity contribution in [3.8, 4) is 22.6 Å². The number of aromatic nitrogens is 5. The van der Waals surface area contributed by atoms with E-state index in [1.807, 2.05) is 64.2 Å². The highest BCUT2D eigenvalue weighted by atomic mass is 16.2. The zero-order chi connectivity index (χ0) is 21.0. The van der Waals surface area contributed by atoms with Crippen molar-refractivity contribution in [1.29, 1.82) is 0 Å². The summed E-state index contributed by atoms with van der Waals surface area (Å²) in [6.45, 7) is 7.74.